The molecule has 5 nitrogen and oxygen atoms in total. The van der Waals surface area contributed by atoms with Gasteiger partial charge in [0, 0.05) is 49.7 Å². The topological polar surface area (TPSA) is 48.5 Å². The van der Waals surface area contributed by atoms with Crippen LogP contribution in [0.2, 0.25) is 0 Å². The first kappa shape index (κ1) is 19.7. The lowest BCUT2D eigenvalue weighted by atomic mass is 9.95. The Labute approximate surface area is 174 Å². The summed E-state index contributed by atoms with van der Waals surface area (Å²) in [6.45, 7) is 7.57. The number of hydrogen-bond acceptors (Lipinski definition) is 4. The fourth-order valence-electron chi connectivity index (χ4n) is 4.51. The first-order chi connectivity index (χ1) is 14.1. The van der Waals surface area contributed by atoms with Gasteiger partial charge in [-0.05, 0) is 56.0 Å². The molecular weight excluding hydrogens is 360 g/mol. The standard InChI is InChI=1S/C24H32N4O/c1-18-7-6-10-22(19(18)2)27-13-15-28(16-14-27)24(29)20-11-12-25-23(17-20)26-21-8-4-3-5-9-21/h6-7,10-12,17,21H,3-5,8-9,13-16H2,1-2H3,(H,25,26). The molecule has 1 saturated carbocycles. The molecule has 1 aromatic carbocycles. The zero-order valence-corrected chi connectivity index (χ0v) is 17.7. The number of carbonyl (C=O) groups is 1. The minimum absolute atomic E-state index is 0.111. The van der Waals surface area contributed by atoms with E-state index in [1.165, 1.54) is 48.9 Å². The quantitative estimate of drug-likeness (QED) is 0.838. The summed E-state index contributed by atoms with van der Waals surface area (Å²) in [5, 5.41) is 3.53. The molecule has 0 unspecified atom stereocenters. The molecule has 29 heavy (non-hydrogen) atoms. The van der Waals surface area contributed by atoms with Gasteiger partial charge in [-0.3, -0.25) is 4.79 Å². The van der Waals surface area contributed by atoms with Crippen LogP contribution in [0.15, 0.2) is 36.5 Å². The molecule has 1 aromatic heterocycles. The smallest absolute Gasteiger partial charge is 0.254 e. The summed E-state index contributed by atoms with van der Waals surface area (Å²) in [5.74, 6) is 0.941. The molecule has 0 atom stereocenters. The number of aryl methyl sites for hydroxylation is 1. The zero-order chi connectivity index (χ0) is 20.2. The normalized spacial score (nSPS) is 18.0. The molecule has 2 aliphatic rings. The lowest BCUT2D eigenvalue weighted by Crippen LogP contribution is -2.49. The number of aromatic nitrogens is 1. The summed E-state index contributed by atoms with van der Waals surface area (Å²) < 4.78 is 0. The molecule has 1 saturated heterocycles. The average Bonchev–Trinajstić information content (AvgIpc) is 2.76. The van der Waals surface area contributed by atoms with E-state index in [-0.39, 0.29) is 5.91 Å². The number of benzene rings is 1. The Bertz CT molecular complexity index is 852. The zero-order valence-electron chi connectivity index (χ0n) is 17.7. The Morgan fingerprint density at radius 2 is 1.79 bits per heavy atom. The van der Waals surface area contributed by atoms with Crippen molar-refractivity contribution in [3.63, 3.8) is 0 Å². The van der Waals surface area contributed by atoms with E-state index in [0.29, 0.717) is 6.04 Å². The van der Waals surface area contributed by atoms with E-state index in [9.17, 15) is 4.79 Å². The highest BCUT2D eigenvalue weighted by atomic mass is 16.2. The van der Waals surface area contributed by atoms with Gasteiger partial charge in [-0.25, -0.2) is 4.98 Å². The number of piperazine rings is 1. The highest BCUT2D eigenvalue weighted by Gasteiger charge is 2.24. The number of hydrogen-bond donors (Lipinski definition) is 1. The Morgan fingerprint density at radius 3 is 2.55 bits per heavy atom. The average molecular weight is 393 g/mol. The largest absolute Gasteiger partial charge is 0.368 e. The van der Waals surface area contributed by atoms with Crippen molar-refractivity contribution in [2.24, 2.45) is 0 Å². The second kappa shape index (κ2) is 8.85. The maximum absolute atomic E-state index is 13.1. The van der Waals surface area contributed by atoms with Gasteiger partial charge in [-0.15, -0.1) is 0 Å². The van der Waals surface area contributed by atoms with Gasteiger partial charge in [0.2, 0.25) is 0 Å². The number of nitrogens with zero attached hydrogens (tertiary/aromatic N) is 3. The number of pyridine rings is 1. The maximum atomic E-state index is 13.1. The van der Waals surface area contributed by atoms with E-state index in [1.807, 2.05) is 17.0 Å². The van der Waals surface area contributed by atoms with Gasteiger partial charge in [0.25, 0.3) is 5.91 Å². The van der Waals surface area contributed by atoms with Gasteiger partial charge in [-0.1, -0.05) is 31.4 Å². The monoisotopic (exact) mass is 392 g/mol. The predicted molar refractivity (Wildman–Crippen MR) is 119 cm³/mol. The van der Waals surface area contributed by atoms with Crippen LogP contribution < -0.4 is 10.2 Å². The van der Waals surface area contributed by atoms with E-state index in [2.05, 4.69) is 47.2 Å². The Morgan fingerprint density at radius 1 is 1.03 bits per heavy atom. The molecule has 2 aromatic rings. The van der Waals surface area contributed by atoms with Crippen molar-refractivity contribution in [3.05, 3.63) is 53.2 Å². The van der Waals surface area contributed by atoms with Crippen molar-refractivity contribution < 1.29 is 4.79 Å². The molecule has 4 rings (SSSR count). The van der Waals surface area contributed by atoms with Crippen LogP contribution in [-0.2, 0) is 0 Å². The Balaban J connectivity index is 1.38. The molecule has 2 heterocycles. The van der Waals surface area contributed by atoms with Gasteiger partial charge in [0.05, 0.1) is 0 Å². The number of anilines is 2. The first-order valence-corrected chi connectivity index (χ1v) is 10.9. The molecular formula is C24H32N4O. The first-order valence-electron chi connectivity index (χ1n) is 10.9. The van der Waals surface area contributed by atoms with Crippen molar-refractivity contribution in [1.29, 1.82) is 0 Å². The Kier molecular flexibility index (Phi) is 6.02. The number of rotatable bonds is 4. The summed E-state index contributed by atoms with van der Waals surface area (Å²) in [6.07, 6.45) is 8.03. The Hall–Kier alpha value is -2.56. The van der Waals surface area contributed by atoms with Crippen LogP contribution in [0.25, 0.3) is 0 Å². The highest BCUT2D eigenvalue weighted by Crippen LogP contribution is 2.25. The van der Waals surface area contributed by atoms with Gasteiger partial charge in [0.15, 0.2) is 0 Å². The second-order valence-corrected chi connectivity index (χ2v) is 8.41. The van der Waals surface area contributed by atoms with Gasteiger partial charge >= 0.3 is 0 Å². The molecule has 5 heteroatoms. The van der Waals surface area contributed by atoms with Crippen molar-refractivity contribution in [3.8, 4) is 0 Å². The minimum atomic E-state index is 0.111. The molecule has 1 aliphatic carbocycles. The molecule has 0 bridgehead atoms. The third-order valence-corrected chi connectivity index (χ3v) is 6.45. The summed E-state index contributed by atoms with van der Waals surface area (Å²) in [6, 6.07) is 10.7. The molecule has 0 spiro atoms. The van der Waals surface area contributed by atoms with E-state index in [1.54, 1.807) is 6.20 Å². The van der Waals surface area contributed by atoms with Crippen molar-refractivity contribution >= 4 is 17.4 Å². The fourth-order valence-corrected chi connectivity index (χ4v) is 4.51. The van der Waals surface area contributed by atoms with Crippen molar-refractivity contribution in [2.45, 2.75) is 52.0 Å². The lowest BCUT2D eigenvalue weighted by molar-refractivity contribution is 0.0746. The highest BCUT2D eigenvalue weighted by molar-refractivity contribution is 5.95. The molecule has 154 valence electrons. The summed E-state index contributed by atoms with van der Waals surface area (Å²) in [5.41, 5.74) is 4.68. The molecule has 2 fully saturated rings. The van der Waals surface area contributed by atoms with Crippen molar-refractivity contribution in [1.82, 2.24) is 9.88 Å². The van der Waals surface area contributed by atoms with Gasteiger partial charge in [0.1, 0.15) is 5.82 Å². The SMILES string of the molecule is Cc1cccc(N2CCN(C(=O)c3ccnc(NC4CCCCC4)c3)CC2)c1C. The van der Waals surface area contributed by atoms with E-state index < -0.39 is 0 Å². The van der Waals surface area contributed by atoms with Gasteiger partial charge in [-0.2, -0.15) is 0 Å². The van der Waals surface area contributed by atoms with Crippen molar-refractivity contribution in [2.75, 3.05) is 36.4 Å². The second-order valence-electron chi connectivity index (χ2n) is 8.41. The van der Waals surface area contributed by atoms with Crippen LogP contribution >= 0.6 is 0 Å². The van der Waals surface area contributed by atoms with Crippen LogP contribution in [0, 0.1) is 13.8 Å². The van der Waals surface area contributed by atoms with E-state index in [0.717, 1.165) is 37.6 Å². The molecule has 1 N–H and O–H groups in total. The van der Waals surface area contributed by atoms with Crippen LogP contribution in [0.4, 0.5) is 11.5 Å². The number of carbonyl (C=O) groups excluding carboxylic acids is 1. The van der Waals surface area contributed by atoms with Crippen LogP contribution in [0.5, 0.6) is 0 Å². The fraction of sp³-hybridized carbons (Fsp3) is 0.500. The van der Waals surface area contributed by atoms with Crippen LogP contribution in [0.1, 0.15) is 53.6 Å². The van der Waals surface area contributed by atoms with Crippen LogP contribution in [0.3, 0.4) is 0 Å². The summed E-state index contributed by atoms with van der Waals surface area (Å²) >= 11 is 0. The van der Waals surface area contributed by atoms with E-state index in [4.69, 9.17) is 0 Å². The van der Waals surface area contributed by atoms with E-state index >= 15 is 0 Å². The minimum Gasteiger partial charge on any atom is -0.368 e. The summed E-state index contributed by atoms with van der Waals surface area (Å²) in [4.78, 5) is 21.9. The summed E-state index contributed by atoms with van der Waals surface area (Å²) in [7, 11) is 0. The third kappa shape index (κ3) is 4.55. The lowest BCUT2D eigenvalue weighted by Gasteiger charge is -2.37. The number of amides is 1. The number of nitrogens with one attached hydrogen (secondary N) is 1. The van der Waals surface area contributed by atoms with Crippen LogP contribution in [-0.4, -0.2) is 48.0 Å². The molecule has 1 amide bonds. The predicted octanol–water partition coefficient (Wildman–Crippen LogP) is 4.41. The van der Waals surface area contributed by atoms with Gasteiger partial charge < -0.3 is 15.1 Å². The molecule has 0 radical (unpaired) electrons. The maximum Gasteiger partial charge on any atom is 0.254 e. The third-order valence-electron chi connectivity index (χ3n) is 6.45. The molecule has 1 aliphatic heterocycles.